The van der Waals surface area contributed by atoms with Gasteiger partial charge in [-0.2, -0.15) is 0 Å². The van der Waals surface area contributed by atoms with E-state index in [0.29, 0.717) is 11.4 Å². The quantitative estimate of drug-likeness (QED) is 0.863. The Hall–Kier alpha value is -1.62. The number of nitrogens with two attached hydrogens (primary N) is 2. The van der Waals surface area contributed by atoms with Crippen LogP contribution in [-0.4, -0.2) is 23.0 Å². The first-order valence-electron chi connectivity index (χ1n) is 6.67. The summed E-state index contributed by atoms with van der Waals surface area (Å²) in [5.41, 5.74) is 13.4. The zero-order chi connectivity index (χ0) is 14.0. The van der Waals surface area contributed by atoms with E-state index in [4.69, 9.17) is 16.2 Å². The molecule has 19 heavy (non-hydrogen) atoms. The molecule has 4 N–H and O–H groups in total. The largest absolute Gasteiger partial charge is 0.474 e. The highest BCUT2D eigenvalue weighted by atomic mass is 16.5. The molecule has 2 rings (SSSR count). The summed E-state index contributed by atoms with van der Waals surface area (Å²) in [6, 6.07) is 2.00. The molecule has 1 aliphatic rings. The molecule has 0 spiro atoms. The summed E-state index contributed by atoms with van der Waals surface area (Å²) in [6.07, 6.45) is 3.84. The van der Waals surface area contributed by atoms with Gasteiger partial charge in [0, 0.05) is 11.7 Å². The number of aromatic nitrogens is 1. The van der Waals surface area contributed by atoms with Crippen molar-refractivity contribution in [1.82, 2.24) is 4.98 Å². The topological polar surface area (TPSA) is 91.2 Å². The Balaban J connectivity index is 2.25. The Morgan fingerprint density at radius 3 is 2.79 bits per heavy atom. The van der Waals surface area contributed by atoms with Gasteiger partial charge in [-0.15, -0.1) is 0 Å². The number of hydrogen-bond donors (Lipinski definition) is 2. The molecule has 2 atom stereocenters. The minimum absolute atomic E-state index is 0.0237. The molecule has 5 heteroatoms. The highest BCUT2D eigenvalue weighted by Gasteiger charge is 2.24. The molecule has 0 aliphatic heterocycles. The van der Waals surface area contributed by atoms with Crippen molar-refractivity contribution in [3.63, 3.8) is 0 Å². The van der Waals surface area contributed by atoms with Gasteiger partial charge in [0.25, 0.3) is 5.91 Å². The van der Waals surface area contributed by atoms with Crippen LogP contribution in [0.5, 0.6) is 5.88 Å². The Kier molecular flexibility index (Phi) is 4.04. The summed E-state index contributed by atoms with van der Waals surface area (Å²) in [6.45, 7) is 3.71. The van der Waals surface area contributed by atoms with Crippen molar-refractivity contribution in [2.24, 2.45) is 11.5 Å². The van der Waals surface area contributed by atoms with Crippen LogP contribution in [0.4, 0.5) is 0 Å². The summed E-state index contributed by atoms with van der Waals surface area (Å²) in [5.74, 6) is -0.149. The molecule has 1 aliphatic carbocycles. The number of pyridine rings is 1. The Labute approximate surface area is 113 Å². The third kappa shape index (κ3) is 3.23. The van der Waals surface area contributed by atoms with Crippen molar-refractivity contribution in [3.05, 3.63) is 22.9 Å². The summed E-state index contributed by atoms with van der Waals surface area (Å²) < 4.78 is 5.89. The fourth-order valence-electron chi connectivity index (χ4n) is 2.63. The molecule has 1 saturated carbocycles. The van der Waals surface area contributed by atoms with Crippen LogP contribution in [0.1, 0.15) is 47.3 Å². The highest BCUT2D eigenvalue weighted by Crippen LogP contribution is 2.26. The minimum Gasteiger partial charge on any atom is -0.474 e. The van der Waals surface area contributed by atoms with Gasteiger partial charge in [-0.3, -0.25) is 4.79 Å². The number of nitrogens with zero attached hydrogens (tertiary/aromatic N) is 1. The summed E-state index contributed by atoms with van der Waals surface area (Å²) >= 11 is 0. The normalized spacial score (nSPS) is 23.1. The molecule has 0 radical (unpaired) electrons. The maximum atomic E-state index is 11.5. The van der Waals surface area contributed by atoms with E-state index < -0.39 is 5.91 Å². The molecule has 104 valence electrons. The monoisotopic (exact) mass is 263 g/mol. The van der Waals surface area contributed by atoms with E-state index in [1.807, 2.05) is 19.9 Å². The SMILES string of the molecule is Cc1cc(C)c(C(N)=O)c(OC2CCCC(N)C2)n1. The summed E-state index contributed by atoms with van der Waals surface area (Å²) in [5, 5.41) is 0. The minimum atomic E-state index is -0.500. The van der Waals surface area contributed by atoms with E-state index in [9.17, 15) is 4.79 Å². The molecule has 1 fully saturated rings. The first kappa shape index (κ1) is 13.8. The van der Waals surface area contributed by atoms with E-state index in [2.05, 4.69) is 4.98 Å². The molecule has 1 amide bonds. The van der Waals surface area contributed by atoms with Crippen molar-refractivity contribution >= 4 is 5.91 Å². The number of rotatable bonds is 3. The molecular weight excluding hydrogens is 242 g/mol. The lowest BCUT2D eigenvalue weighted by molar-refractivity contribution is 0.0981. The van der Waals surface area contributed by atoms with Crippen molar-refractivity contribution in [2.45, 2.75) is 51.7 Å². The second-order valence-corrected chi connectivity index (χ2v) is 5.29. The molecule has 0 bridgehead atoms. The fourth-order valence-corrected chi connectivity index (χ4v) is 2.63. The smallest absolute Gasteiger partial charge is 0.254 e. The molecule has 5 nitrogen and oxygen atoms in total. The Bertz CT molecular complexity index is 488. The van der Waals surface area contributed by atoms with Gasteiger partial charge in [0.1, 0.15) is 11.7 Å². The van der Waals surface area contributed by atoms with E-state index >= 15 is 0 Å². The Morgan fingerprint density at radius 2 is 2.16 bits per heavy atom. The molecule has 2 unspecified atom stereocenters. The lowest BCUT2D eigenvalue weighted by Gasteiger charge is -2.27. The number of amides is 1. The second-order valence-electron chi connectivity index (χ2n) is 5.29. The number of primary amides is 1. The first-order chi connectivity index (χ1) is 8.97. The van der Waals surface area contributed by atoms with Crippen molar-refractivity contribution in [1.29, 1.82) is 0 Å². The van der Waals surface area contributed by atoms with Gasteiger partial charge >= 0.3 is 0 Å². The third-order valence-corrected chi connectivity index (χ3v) is 3.50. The van der Waals surface area contributed by atoms with E-state index in [-0.39, 0.29) is 12.1 Å². The van der Waals surface area contributed by atoms with E-state index in [0.717, 1.165) is 36.9 Å². The zero-order valence-electron chi connectivity index (χ0n) is 11.5. The van der Waals surface area contributed by atoms with Gasteiger partial charge in [0.15, 0.2) is 0 Å². The lowest BCUT2D eigenvalue weighted by atomic mass is 9.93. The second kappa shape index (κ2) is 5.57. The molecule has 1 heterocycles. The Morgan fingerprint density at radius 1 is 1.42 bits per heavy atom. The average molecular weight is 263 g/mol. The van der Waals surface area contributed by atoms with Crippen molar-refractivity contribution in [2.75, 3.05) is 0 Å². The predicted molar refractivity (Wildman–Crippen MR) is 73.1 cm³/mol. The maximum absolute atomic E-state index is 11.5. The van der Waals surface area contributed by atoms with E-state index in [1.54, 1.807) is 0 Å². The van der Waals surface area contributed by atoms with Gasteiger partial charge in [-0.1, -0.05) is 0 Å². The van der Waals surface area contributed by atoms with Gasteiger partial charge in [0.2, 0.25) is 5.88 Å². The van der Waals surface area contributed by atoms with Gasteiger partial charge in [-0.05, 0) is 51.2 Å². The third-order valence-electron chi connectivity index (χ3n) is 3.50. The molecule has 1 aromatic heterocycles. The van der Waals surface area contributed by atoms with E-state index in [1.165, 1.54) is 0 Å². The van der Waals surface area contributed by atoms with Crippen LogP contribution < -0.4 is 16.2 Å². The zero-order valence-corrected chi connectivity index (χ0v) is 11.5. The number of hydrogen-bond acceptors (Lipinski definition) is 4. The average Bonchev–Trinajstić information content (AvgIpc) is 2.26. The fraction of sp³-hybridized carbons (Fsp3) is 0.571. The van der Waals surface area contributed by atoms with Crippen LogP contribution in [0.15, 0.2) is 6.07 Å². The van der Waals surface area contributed by atoms with Gasteiger partial charge < -0.3 is 16.2 Å². The molecule has 0 aromatic carbocycles. The van der Waals surface area contributed by atoms with Crippen LogP contribution in [0.25, 0.3) is 0 Å². The van der Waals surface area contributed by atoms with Gasteiger partial charge in [-0.25, -0.2) is 4.98 Å². The number of carbonyl (C=O) groups excluding carboxylic acids is 1. The molecule has 0 saturated heterocycles. The van der Waals surface area contributed by atoms with Crippen molar-refractivity contribution < 1.29 is 9.53 Å². The molecule has 1 aromatic rings. The summed E-state index contributed by atoms with van der Waals surface area (Å²) in [7, 11) is 0. The van der Waals surface area contributed by atoms with Gasteiger partial charge in [0.05, 0.1) is 0 Å². The summed E-state index contributed by atoms with van der Waals surface area (Å²) in [4.78, 5) is 15.8. The number of aryl methyl sites for hydroxylation is 2. The standard InChI is InChI=1S/C14H21N3O2/c1-8-6-9(2)17-14(12(8)13(16)18)19-11-5-3-4-10(15)7-11/h6,10-11H,3-5,7,15H2,1-2H3,(H2,16,18). The first-order valence-corrected chi connectivity index (χ1v) is 6.67. The van der Waals surface area contributed by atoms with Crippen LogP contribution >= 0.6 is 0 Å². The predicted octanol–water partition coefficient (Wildman–Crippen LogP) is 1.45. The lowest BCUT2D eigenvalue weighted by Crippen LogP contribution is -2.34. The highest BCUT2D eigenvalue weighted by molar-refractivity contribution is 5.96. The van der Waals surface area contributed by atoms with Crippen LogP contribution in [0, 0.1) is 13.8 Å². The number of ether oxygens (including phenoxy) is 1. The van der Waals surface area contributed by atoms with Crippen LogP contribution in [0.3, 0.4) is 0 Å². The van der Waals surface area contributed by atoms with Crippen LogP contribution in [0.2, 0.25) is 0 Å². The van der Waals surface area contributed by atoms with Crippen LogP contribution in [-0.2, 0) is 0 Å². The maximum Gasteiger partial charge on any atom is 0.254 e. The van der Waals surface area contributed by atoms with Crippen molar-refractivity contribution in [3.8, 4) is 5.88 Å². The number of carbonyl (C=O) groups is 1. The molecular formula is C14H21N3O2.